The minimum atomic E-state index is -0.369. The third kappa shape index (κ3) is 3.58. The topological polar surface area (TPSA) is 35.5 Å². The maximum absolute atomic E-state index is 10.9. The van der Waals surface area contributed by atoms with Crippen LogP contribution in [-0.2, 0) is 14.3 Å². The molecule has 1 aliphatic rings. The first kappa shape index (κ1) is 10.7. The van der Waals surface area contributed by atoms with E-state index in [9.17, 15) is 4.79 Å². The van der Waals surface area contributed by atoms with Crippen LogP contribution in [0.15, 0.2) is 36.5 Å². The van der Waals surface area contributed by atoms with E-state index in [0.29, 0.717) is 12.2 Å². The Kier molecular flexibility index (Phi) is 4.13. The molecule has 0 aromatic rings. The van der Waals surface area contributed by atoms with E-state index in [-0.39, 0.29) is 18.7 Å². The Morgan fingerprint density at radius 1 is 1.36 bits per heavy atom. The van der Waals surface area contributed by atoms with Gasteiger partial charge in [-0.25, -0.2) is 4.79 Å². The first-order valence-corrected chi connectivity index (χ1v) is 4.49. The second-order valence-corrected chi connectivity index (χ2v) is 3.02. The van der Waals surface area contributed by atoms with E-state index in [4.69, 9.17) is 9.47 Å². The highest BCUT2D eigenvalue weighted by Gasteiger charge is 2.05. The Labute approximate surface area is 83.7 Å². The molecule has 76 valence electrons. The summed E-state index contributed by atoms with van der Waals surface area (Å²) in [6, 6.07) is 0. The minimum Gasteiger partial charge on any atom is -0.460 e. The lowest BCUT2D eigenvalue weighted by atomic mass is 10.4. The SMILES string of the molecule is C=C(C)C(=O)OCCOC1C=CC=C1. The van der Waals surface area contributed by atoms with Gasteiger partial charge in [-0.3, -0.25) is 0 Å². The third-order valence-electron chi connectivity index (χ3n) is 1.69. The number of hydrogen-bond acceptors (Lipinski definition) is 3. The van der Waals surface area contributed by atoms with Crippen molar-refractivity contribution in [1.82, 2.24) is 0 Å². The Hall–Kier alpha value is -1.35. The van der Waals surface area contributed by atoms with E-state index in [1.165, 1.54) is 0 Å². The van der Waals surface area contributed by atoms with Gasteiger partial charge in [0.05, 0.1) is 12.7 Å². The summed E-state index contributed by atoms with van der Waals surface area (Å²) in [4.78, 5) is 10.9. The molecular weight excluding hydrogens is 180 g/mol. The summed E-state index contributed by atoms with van der Waals surface area (Å²) in [7, 11) is 0. The van der Waals surface area contributed by atoms with Crippen LogP contribution in [-0.4, -0.2) is 25.3 Å². The van der Waals surface area contributed by atoms with Crippen molar-refractivity contribution >= 4 is 5.97 Å². The summed E-state index contributed by atoms with van der Waals surface area (Å²) >= 11 is 0. The van der Waals surface area contributed by atoms with Crippen LogP contribution in [0, 0.1) is 0 Å². The van der Waals surface area contributed by atoms with E-state index in [0.717, 1.165) is 0 Å². The summed E-state index contributed by atoms with van der Waals surface area (Å²) in [5.41, 5.74) is 0.408. The Balaban J connectivity index is 2.04. The lowest BCUT2D eigenvalue weighted by Crippen LogP contribution is -2.14. The normalized spacial score (nSPS) is 14.6. The fourth-order valence-electron chi connectivity index (χ4n) is 0.964. The van der Waals surface area contributed by atoms with E-state index < -0.39 is 0 Å². The highest BCUT2D eigenvalue weighted by Crippen LogP contribution is 2.03. The van der Waals surface area contributed by atoms with E-state index >= 15 is 0 Å². The zero-order valence-electron chi connectivity index (χ0n) is 8.23. The molecule has 0 aromatic heterocycles. The predicted molar refractivity (Wildman–Crippen MR) is 53.8 cm³/mol. The van der Waals surface area contributed by atoms with E-state index in [2.05, 4.69) is 6.58 Å². The lowest BCUT2D eigenvalue weighted by molar-refractivity contribution is -0.140. The van der Waals surface area contributed by atoms with Gasteiger partial charge in [0, 0.05) is 5.57 Å². The molecule has 3 nitrogen and oxygen atoms in total. The quantitative estimate of drug-likeness (QED) is 0.379. The molecule has 0 saturated heterocycles. The smallest absolute Gasteiger partial charge is 0.333 e. The van der Waals surface area contributed by atoms with Crippen LogP contribution in [0.5, 0.6) is 0 Å². The molecule has 1 rings (SSSR count). The average molecular weight is 194 g/mol. The van der Waals surface area contributed by atoms with Crippen molar-refractivity contribution in [2.24, 2.45) is 0 Å². The Morgan fingerprint density at radius 2 is 2.00 bits per heavy atom. The second-order valence-electron chi connectivity index (χ2n) is 3.02. The van der Waals surface area contributed by atoms with Crippen molar-refractivity contribution < 1.29 is 14.3 Å². The van der Waals surface area contributed by atoms with E-state index in [1.807, 2.05) is 24.3 Å². The minimum absolute atomic E-state index is 0.0264. The van der Waals surface area contributed by atoms with Crippen LogP contribution in [0.1, 0.15) is 6.92 Å². The van der Waals surface area contributed by atoms with Gasteiger partial charge in [-0.15, -0.1) is 0 Å². The molecule has 0 aromatic carbocycles. The number of rotatable bonds is 5. The van der Waals surface area contributed by atoms with Crippen molar-refractivity contribution in [2.45, 2.75) is 13.0 Å². The van der Waals surface area contributed by atoms with Gasteiger partial charge in [0.1, 0.15) is 6.61 Å². The van der Waals surface area contributed by atoms with Crippen molar-refractivity contribution in [3.8, 4) is 0 Å². The zero-order valence-corrected chi connectivity index (χ0v) is 8.23. The molecule has 0 saturated carbocycles. The van der Waals surface area contributed by atoms with Crippen LogP contribution < -0.4 is 0 Å². The molecule has 3 heteroatoms. The fourth-order valence-corrected chi connectivity index (χ4v) is 0.964. The van der Waals surface area contributed by atoms with Crippen LogP contribution >= 0.6 is 0 Å². The molecule has 0 aliphatic heterocycles. The fraction of sp³-hybridized carbons (Fsp3) is 0.364. The molecule has 14 heavy (non-hydrogen) atoms. The standard InChI is InChI=1S/C11H14O3/c1-9(2)11(12)14-8-7-13-10-5-3-4-6-10/h3-6,10H,1,7-8H2,2H3. The van der Waals surface area contributed by atoms with Crippen LogP contribution in [0.3, 0.4) is 0 Å². The van der Waals surface area contributed by atoms with Gasteiger partial charge in [0.25, 0.3) is 0 Å². The van der Waals surface area contributed by atoms with Crippen LogP contribution in [0.4, 0.5) is 0 Å². The largest absolute Gasteiger partial charge is 0.460 e. The maximum Gasteiger partial charge on any atom is 0.333 e. The number of carbonyl (C=O) groups excluding carboxylic acids is 1. The molecule has 0 fully saturated rings. The highest BCUT2D eigenvalue weighted by molar-refractivity contribution is 5.86. The number of carbonyl (C=O) groups is 1. The number of allylic oxidation sites excluding steroid dienone is 2. The highest BCUT2D eigenvalue weighted by atomic mass is 16.6. The predicted octanol–water partition coefficient (Wildman–Crippen LogP) is 1.62. The number of hydrogen-bond donors (Lipinski definition) is 0. The van der Waals surface area contributed by atoms with Crippen molar-refractivity contribution in [1.29, 1.82) is 0 Å². The Bertz CT molecular complexity index is 264. The first-order valence-electron chi connectivity index (χ1n) is 4.49. The molecule has 0 heterocycles. The monoisotopic (exact) mass is 194 g/mol. The molecule has 0 amide bonds. The average Bonchev–Trinajstić information content (AvgIpc) is 2.64. The molecule has 0 bridgehead atoms. The van der Waals surface area contributed by atoms with Crippen LogP contribution in [0.2, 0.25) is 0 Å². The van der Waals surface area contributed by atoms with Gasteiger partial charge >= 0.3 is 5.97 Å². The van der Waals surface area contributed by atoms with Crippen molar-refractivity contribution in [2.75, 3.05) is 13.2 Å². The third-order valence-corrected chi connectivity index (χ3v) is 1.69. The molecule has 1 aliphatic carbocycles. The lowest BCUT2D eigenvalue weighted by Gasteiger charge is -2.08. The molecule has 0 atom stereocenters. The molecule has 0 spiro atoms. The summed E-state index contributed by atoms with van der Waals surface area (Å²) in [6.45, 7) is 5.76. The second kappa shape index (κ2) is 5.40. The molecule has 0 N–H and O–H groups in total. The van der Waals surface area contributed by atoms with Crippen molar-refractivity contribution in [3.05, 3.63) is 36.5 Å². The first-order chi connectivity index (χ1) is 6.70. The Morgan fingerprint density at radius 3 is 2.57 bits per heavy atom. The van der Waals surface area contributed by atoms with Gasteiger partial charge in [0.15, 0.2) is 0 Å². The summed E-state index contributed by atoms with van der Waals surface area (Å²) in [6.07, 6.45) is 7.73. The van der Waals surface area contributed by atoms with E-state index in [1.54, 1.807) is 6.92 Å². The van der Waals surface area contributed by atoms with Gasteiger partial charge < -0.3 is 9.47 Å². The van der Waals surface area contributed by atoms with Gasteiger partial charge in [-0.1, -0.05) is 30.9 Å². The zero-order chi connectivity index (χ0) is 10.4. The molecule has 0 unspecified atom stereocenters. The molecule has 0 radical (unpaired) electrons. The van der Waals surface area contributed by atoms with Gasteiger partial charge in [0.2, 0.25) is 0 Å². The van der Waals surface area contributed by atoms with Gasteiger partial charge in [-0.2, -0.15) is 0 Å². The van der Waals surface area contributed by atoms with Crippen molar-refractivity contribution in [3.63, 3.8) is 0 Å². The summed E-state index contributed by atoms with van der Waals surface area (Å²) < 4.78 is 10.2. The summed E-state index contributed by atoms with van der Waals surface area (Å²) in [5, 5.41) is 0. The van der Waals surface area contributed by atoms with Gasteiger partial charge in [-0.05, 0) is 6.92 Å². The molecular formula is C11H14O3. The van der Waals surface area contributed by atoms with Crippen LogP contribution in [0.25, 0.3) is 0 Å². The number of esters is 1. The number of ether oxygens (including phenoxy) is 2. The summed E-state index contributed by atoms with van der Waals surface area (Å²) in [5.74, 6) is -0.369. The maximum atomic E-state index is 10.9.